The number of hydrogen-bond donors (Lipinski definition) is 1. The van der Waals surface area contributed by atoms with E-state index in [9.17, 15) is 9.59 Å². The van der Waals surface area contributed by atoms with Crippen LogP contribution in [0.15, 0.2) is 27.4 Å². The summed E-state index contributed by atoms with van der Waals surface area (Å²) in [4.78, 5) is 25.5. The van der Waals surface area contributed by atoms with Gasteiger partial charge < -0.3 is 14.6 Å². The molecule has 1 heterocycles. The number of unbranched alkanes of at least 4 members (excludes halogenated alkanes) is 1. The molecular formula is C18H24N2O3. The summed E-state index contributed by atoms with van der Waals surface area (Å²) in [6.45, 7) is 8.72. The van der Waals surface area contributed by atoms with Crippen molar-refractivity contribution < 1.29 is 9.21 Å². The van der Waals surface area contributed by atoms with Crippen molar-refractivity contribution in [3.05, 3.63) is 34.2 Å². The number of benzene rings is 1. The topological polar surface area (TPSA) is 62.6 Å². The van der Waals surface area contributed by atoms with Crippen molar-refractivity contribution in [2.45, 2.75) is 33.6 Å². The maximum atomic E-state index is 12.1. The summed E-state index contributed by atoms with van der Waals surface area (Å²) in [5, 5.41) is 3.98. The van der Waals surface area contributed by atoms with Gasteiger partial charge in [0.1, 0.15) is 11.1 Å². The molecule has 0 atom stereocenters. The lowest BCUT2D eigenvalue weighted by atomic mass is 10.1. The number of nitrogens with zero attached hydrogens (tertiary/aromatic N) is 1. The molecule has 23 heavy (non-hydrogen) atoms. The molecule has 1 aromatic carbocycles. The van der Waals surface area contributed by atoms with Crippen molar-refractivity contribution in [1.29, 1.82) is 0 Å². The molecule has 1 aromatic heterocycles. The Morgan fingerprint density at radius 2 is 1.96 bits per heavy atom. The number of anilines is 2. The van der Waals surface area contributed by atoms with Crippen LogP contribution in [0.1, 0.15) is 44.0 Å². The second kappa shape index (κ2) is 7.81. The molecule has 0 unspecified atom stereocenters. The van der Waals surface area contributed by atoms with Crippen LogP contribution >= 0.6 is 0 Å². The van der Waals surface area contributed by atoms with Crippen LogP contribution < -0.4 is 15.8 Å². The summed E-state index contributed by atoms with van der Waals surface area (Å²) in [6, 6.07) is 5.77. The molecule has 0 radical (unpaired) electrons. The van der Waals surface area contributed by atoms with E-state index in [1.165, 1.54) is 0 Å². The molecule has 0 amide bonds. The molecule has 0 saturated carbocycles. The van der Waals surface area contributed by atoms with Crippen LogP contribution in [0.25, 0.3) is 11.0 Å². The van der Waals surface area contributed by atoms with Gasteiger partial charge in [0, 0.05) is 36.8 Å². The summed E-state index contributed by atoms with van der Waals surface area (Å²) in [5.74, 6) is 0. The number of fused-ring (bicyclic) bond motifs is 1. The first-order valence-corrected chi connectivity index (χ1v) is 8.21. The molecule has 1 N–H and O–H groups in total. The largest absolute Gasteiger partial charge is 0.422 e. The van der Waals surface area contributed by atoms with Gasteiger partial charge in [-0.3, -0.25) is 4.79 Å². The van der Waals surface area contributed by atoms with E-state index in [4.69, 9.17) is 4.42 Å². The minimum atomic E-state index is -0.594. The fraction of sp³-hybridized carbons (Fsp3) is 0.444. The Morgan fingerprint density at radius 1 is 1.22 bits per heavy atom. The Balaban J connectivity index is 2.57. The third-order valence-corrected chi connectivity index (χ3v) is 4.00. The molecule has 124 valence electrons. The lowest BCUT2D eigenvalue weighted by Gasteiger charge is -2.21. The first-order valence-electron chi connectivity index (χ1n) is 8.21. The third kappa shape index (κ3) is 3.55. The maximum Gasteiger partial charge on any atom is 0.349 e. The average molecular weight is 316 g/mol. The van der Waals surface area contributed by atoms with Crippen LogP contribution in [0.3, 0.4) is 0 Å². The molecule has 0 spiro atoms. The first-order chi connectivity index (χ1) is 11.2. The van der Waals surface area contributed by atoms with Crippen molar-refractivity contribution in [2.75, 3.05) is 29.9 Å². The molecule has 0 saturated heterocycles. The molecule has 0 aliphatic rings. The molecule has 2 rings (SSSR count). The SMILES string of the molecule is CCCCNc1c(C=O)c(=O)oc2cc(N(CC)CC)ccc12. The van der Waals surface area contributed by atoms with Gasteiger partial charge in [-0.05, 0) is 32.4 Å². The maximum absolute atomic E-state index is 12.1. The van der Waals surface area contributed by atoms with E-state index in [1.807, 2.05) is 18.2 Å². The lowest BCUT2D eigenvalue weighted by molar-refractivity contribution is 0.112. The lowest BCUT2D eigenvalue weighted by Crippen LogP contribution is -2.21. The van der Waals surface area contributed by atoms with Gasteiger partial charge in [-0.15, -0.1) is 0 Å². The van der Waals surface area contributed by atoms with Gasteiger partial charge in [-0.1, -0.05) is 13.3 Å². The first kappa shape index (κ1) is 17.1. The van der Waals surface area contributed by atoms with Gasteiger partial charge in [0.2, 0.25) is 0 Å². The molecule has 0 aliphatic heterocycles. The predicted octanol–water partition coefficient (Wildman–Crippen LogP) is 3.66. The Bertz CT molecular complexity index is 733. The van der Waals surface area contributed by atoms with Crippen molar-refractivity contribution in [1.82, 2.24) is 0 Å². The highest BCUT2D eigenvalue weighted by atomic mass is 16.4. The highest BCUT2D eigenvalue weighted by Crippen LogP contribution is 2.28. The molecule has 0 bridgehead atoms. The standard InChI is InChI=1S/C18H24N2O3/c1-4-7-10-19-17-14-9-8-13(20(5-2)6-3)11-16(14)23-18(22)15(17)12-21/h8-9,11-12,19H,4-7,10H2,1-3H3. The minimum absolute atomic E-state index is 0.0594. The zero-order valence-electron chi connectivity index (χ0n) is 14.0. The second-order valence-corrected chi connectivity index (χ2v) is 5.43. The van der Waals surface area contributed by atoms with E-state index in [1.54, 1.807) is 0 Å². The van der Waals surface area contributed by atoms with Gasteiger partial charge in [0.05, 0.1) is 5.69 Å². The van der Waals surface area contributed by atoms with Crippen LogP contribution in [0.2, 0.25) is 0 Å². The Kier molecular flexibility index (Phi) is 5.79. The van der Waals surface area contributed by atoms with E-state index in [-0.39, 0.29) is 5.56 Å². The van der Waals surface area contributed by atoms with Crippen molar-refractivity contribution in [2.24, 2.45) is 0 Å². The zero-order chi connectivity index (χ0) is 16.8. The average Bonchev–Trinajstić information content (AvgIpc) is 2.55. The van der Waals surface area contributed by atoms with Crippen molar-refractivity contribution >= 4 is 28.6 Å². The Labute approximate surface area is 136 Å². The van der Waals surface area contributed by atoms with Gasteiger partial charge in [0.15, 0.2) is 6.29 Å². The summed E-state index contributed by atoms with van der Waals surface area (Å²) in [7, 11) is 0. The van der Waals surface area contributed by atoms with E-state index in [0.717, 1.165) is 37.0 Å². The minimum Gasteiger partial charge on any atom is -0.422 e. The van der Waals surface area contributed by atoms with Gasteiger partial charge in [-0.25, -0.2) is 4.79 Å². The Hall–Kier alpha value is -2.30. The number of nitrogens with one attached hydrogen (secondary N) is 1. The molecule has 0 aliphatic carbocycles. The molecule has 2 aromatic rings. The molecular weight excluding hydrogens is 292 g/mol. The van der Waals surface area contributed by atoms with Gasteiger partial charge >= 0.3 is 5.63 Å². The number of carbonyl (C=O) groups excluding carboxylic acids is 1. The predicted molar refractivity (Wildman–Crippen MR) is 94.8 cm³/mol. The number of carbonyl (C=O) groups is 1. The van der Waals surface area contributed by atoms with Crippen LogP contribution in [0.4, 0.5) is 11.4 Å². The molecule has 0 fully saturated rings. The molecule has 5 nitrogen and oxygen atoms in total. The highest BCUT2D eigenvalue weighted by molar-refractivity contribution is 5.99. The van der Waals surface area contributed by atoms with Crippen LogP contribution in [0.5, 0.6) is 0 Å². The second-order valence-electron chi connectivity index (χ2n) is 5.43. The van der Waals surface area contributed by atoms with Crippen LogP contribution in [0, 0.1) is 0 Å². The summed E-state index contributed by atoms with van der Waals surface area (Å²) < 4.78 is 5.36. The van der Waals surface area contributed by atoms with E-state index >= 15 is 0 Å². The highest BCUT2D eigenvalue weighted by Gasteiger charge is 2.15. The Morgan fingerprint density at radius 3 is 2.57 bits per heavy atom. The van der Waals surface area contributed by atoms with Crippen molar-refractivity contribution in [3.63, 3.8) is 0 Å². The smallest absolute Gasteiger partial charge is 0.349 e. The number of aldehydes is 1. The van der Waals surface area contributed by atoms with Crippen LogP contribution in [-0.2, 0) is 0 Å². The van der Waals surface area contributed by atoms with E-state index < -0.39 is 5.63 Å². The summed E-state index contributed by atoms with van der Waals surface area (Å²) >= 11 is 0. The van der Waals surface area contributed by atoms with Crippen molar-refractivity contribution in [3.8, 4) is 0 Å². The van der Waals surface area contributed by atoms with E-state index in [2.05, 4.69) is 31.0 Å². The fourth-order valence-corrected chi connectivity index (χ4v) is 2.68. The number of rotatable bonds is 8. The zero-order valence-corrected chi connectivity index (χ0v) is 14.0. The summed E-state index contributed by atoms with van der Waals surface area (Å²) in [6.07, 6.45) is 2.57. The third-order valence-electron chi connectivity index (χ3n) is 4.00. The normalized spacial score (nSPS) is 10.7. The fourth-order valence-electron chi connectivity index (χ4n) is 2.68. The van der Waals surface area contributed by atoms with E-state index in [0.29, 0.717) is 24.1 Å². The quantitative estimate of drug-likeness (QED) is 0.457. The van der Waals surface area contributed by atoms with Gasteiger partial charge in [-0.2, -0.15) is 0 Å². The summed E-state index contributed by atoms with van der Waals surface area (Å²) in [5.41, 5.74) is 1.55. The van der Waals surface area contributed by atoms with Crippen LogP contribution in [-0.4, -0.2) is 25.9 Å². The van der Waals surface area contributed by atoms with Gasteiger partial charge in [0.25, 0.3) is 0 Å². The molecule has 5 heteroatoms. The monoisotopic (exact) mass is 316 g/mol. The number of hydrogen-bond acceptors (Lipinski definition) is 5.